The van der Waals surface area contributed by atoms with Crippen molar-refractivity contribution in [1.82, 2.24) is 25.9 Å². The van der Waals surface area contributed by atoms with Crippen LogP contribution in [-0.4, -0.2) is 36.1 Å². The summed E-state index contributed by atoms with van der Waals surface area (Å²) in [4.78, 5) is 9.89. The molecule has 0 fully saturated rings. The monoisotopic (exact) mass is 655 g/mol. The van der Waals surface area contributed by atoms with Crippen molar-refractivity contribution in [3.05, 3.63) is 92.8 Å². The van der Waals surface area contributed by atoms with Crippen LogP contribution in [0.25, 0.3) is 21.8 Å². The van der Waals surface area contributed by atoms with Crippen molar-refractivity contribution in [3.8, 4) is 0 Å². The maximum Gasteiger partial charge on any atom is 0.0990 e. The van der Waals surface area contributed by atoms with Gasteiger partial charge >= 0.3 is 0 Å². The highest BCUT2D eigenvalue weighted by Gasteiger charge is 2.19. The van der Waals surface area contributed by atoms with Gasteiger partial charge in [0.15, 0.2) is 0 Å². The molecule has 0 spiro atoms. The maximum absolute atomic E-state index is 6.29. The van der Waals surface area contributed by atoms with Crippen molar-refractivity contribution in [1.29, 1.82) is 0 Å². The second kappa shape index (κ2) is 14.4. The Bertz CT molecular complexity index is 1670. The molecule has 3 heterocycles. The van der Waals surface area contributed by atoms with Gasteiger partial charge in [0.1, 0.15) is 0 Å². The fraction of sp³-hybridized carbons (Fsp3) is 0.405. The summed E-state index contributed by atoms with van der Waals surface area (Å²) < 4.78 is 0. The van der Waals surface area contributed by atoms with Gasteiger partial charge in [0, 0.05) is 88.1 Å². The minimum atomic E-state index is 0.739. The molecular weight excluding hydrogens is 613 g/mol. The Kier molecular flexibility index (Phi) is 9.68. The van der Waals surface area contributed by atoms with E-state index in [0.29, 0.717) is 0 Å². The first-order valence-corrected chi connectivity index (χ1v) is 17.7. The maximum atomic E-state index is 6.29. The van der Waals surface area contributed by atoms with Gasteiger partial charge in [-0.15, -0.1) is 0 Å². The Hall–Kier alpha value is -3.68. The van der Waals surface area contributed by atoms with Crippen LogP contribution in [0.1, 0.15) is 67.5 Å². The zero-order chi connectivity index (χ0) is 31.3. The summed E-state index contributed by atoms with van der Waals surface area (Å²) in [7, 11) is 0. The van der Waals surface area contributed by atoms with Crippen LogP contribution in [0.2, 0.25) is 10.0 Å². The lowest BCUT2D eigenvalue weighted by Gasteiger charge is -2.22. The summed E-state index contributed by atoms with van der Waals surface area (Å²) in [6.45, 7) is 3.62. The van der Waals surface area contributed by atoms with Gasteiger partial charge in [-0.2, -0.15) is 0 Å². The van der Waals surface area contributed by atoms with Crippen LogP contribution < -0.4 is 26.6 Å². The summed E-state index contributed by atoms with van der Waals surface area (Å²) in [5, 5.41) is 21.9. The lowest BCUT2D eigenvalue weighted by molar-refractivity contribution is 0.666. The summed E-state index contributed by atoms with van der Waals surface area (Å²) >= 11 is 12.6. The molecule has 2 aromatic carbocycles. The molecule has 0 unspecified atom stereocenters. The molecule has 3 aliphatic rings. The quantitative estimate of drug-likeness (QED) is 0.0989. The number of nitrogens with one attached hydrogen (secondary N) is 5. The molecule has 7 nitrogen and oxygen atoms in total. The largest absolute Gasteiger partial charge is 0.387 e. The predicted molar refractivity (Wildman–Crippen MR) is 193 cm³/mol. The number of halogens is 2. The van der Waals surface area contributed by atoms with E-state index in [1.165, 1.54) is 76.0 Å². The van der Waals surface area contributed by atoms with Crippen molar-refractivity contribution in [2.24, 2.45) is 0 Å². The Balaban J connectivity index is 0.841. The summed E-state index contributed by atoms with van der Waals surface area (Å²) in [5.74, 6) is 1.07. The van der Waals surface area contributed by atoms with E-state index in [1.807, 2.05) is 24.3 Å². The minimum absolute atomic E-state index is 0.739. The number of pyridine rings is 2. The Labute approximate surface area is 281 Å². The molecule has 0 atom stereocenters. The van der Waals surface area contributed by atoms with Gasteiger partial charge in [-0.05, 0) is 118 Å². The molecule has 0 radical (unpaired) electrons. The molecule has 46 heavy (non-hydrogen) atoms. The molecule has 4 aromatic rings. The van der Waals surface area contributed by atoms with Crippen LogP contribution in [0.5, 0.6) is 0 Å². The van der Waals surface area contributed by atoms with E-state index < -0.39 is 0 Å². The fourth-order valence-electron chi connectivity index (χ4n) is 7.02. The van der Waals surface area contributed by atoms with Crippen LogP contribution in [0.15, 0.2) is 60.2 Å². The van der Waals surface area contributed by atoms with Crippen molar-refractivity contribution < 1.29 is 0 Å². The van der Waals surface area contributed by atoms with Crippen molar-refractivity contribution in [3.63, 3.8) is 0 Å². The minimum Gasteiger partial charge on any atom is -0.387 e. The number of nitrogens with zero attached hydrogens (tertiary/aromatic N) is 2. The number of dihydropyridines is 1. The van der Waals surface area contributed by atoms with Crippen molar-refractivity contribution >= 4 is 56.4 Å². The number of aromatic nitrogens is 2. The third kappa shape index (κ3) is 7.01. The number of fused-ring (bicyclic) bond motifs is 4. The molecule has 2 aromatic heterocycles. The predicted octanol–water partition coefficient (Wildman–Crippen LogP) is 8.01. The highest BCUT2D eigenvalue weighted by molar-refractivity contribution is 6.31. The Morgan fingerprint density at radius 1 is 0.630 bits per heavy atom. The first-order valence-electron chi connectivity index (χ1n) is 17.0. The first-order chi connectivity index (χ1) is 22.6. The topological polar surface area (TPSA) is 85.9 Å². The molecule has 7 rings (SSSR count). The zero-order valence-electron chi connectivity index (χ0n) is 26.4. The number of rotatable bonds is 12. The third-order valence-electron chi connectivity index (χ3n) is 9.36. The van der Waals surface area contributed by atoms with Crippen LogP contribution in [-0.2, 0) is 25.7 Å². The molecule has 2 aliphatic carbocycles. The average molecular weight is 657 g/mol. The molecule has 240 valence electrons. The van der Waals surface area contributed by atoms with E-state index in [9.17, 15) is 0 Å². The first kappa shape index (κ1) is 30.9. The Morgan fingerprint density at radius 3 is 1.70 bits per heavy atom. The zero-order valence-corrected chi connectivity index (χ0v) is 27.9. The van der Waals surface area contributed by atoms with E-state index in [2.05, 4.69) is 51.0 Å². The van der Waals surface area contributed by atoms with E-state index in [4.69, 9.17) is 33.2 Å². The average Bonchev–Trinajstić information content (AvgIpc) is 3.07. The number of hydrogen-bond donors (Lipinski definition) is 5. The second-order valence-electron chi connectivity index (χ2n) is 12.6. The van der Waals surface area contributed by atoms with E-state index in [0.717, 1.165) is 98.0 Å². The van der Waals surface area contributed by atoms with Crippen molar-refractivity contribution in [2.75, 3.05) is 36.8 Å². The van der Waals surface area contributed by atoms with Gasteiger partial charge in [0.05, 0.1) is 16.9 Å². The van der Waals surface area contributed by atoms with Crippen LogP contribution in [0.4, 0.5) is 11.4 Å². The summed E-state index contributed by atoms with van der Waals surface area (Å²) in [6.07, 6.45) is 16.4. The normalized spacial score (nSPS) is 15.8. The summed E-state index contributed by atoms with van der Waals surface area (Å²) in [5.41, 5.74) is 10.9. The SMILES string of the molecule is Clc1ccc2c(NCCCNC3=CNC(NCCCNc4c5c(nc6cc(Cl)ccc46)CCCC5)=CC3)c3c(nc2c1)CCCC3. The molecule has 1 aliphatic heterocycles. The van der Waals surface area contributed by atoms with Gasteiger partial charge in [0.25, 0.3) is 0 Å². The van der Waals surface area contributed by atoms with Crippen LogP contribution in [0, 0.1) is 0 Å². The van der Waals surface area contributed by atoms with Gasteiger partial charge in [-0.1, -0.05) is 23.2 Å². The van der Waals surface area contributed by atoms with Gasteiger partial charge in [0.2, 0.25) is 0 Å². The number of anilines is 2. The molecule has 9 heteroatoms. The smallest absolute Gasteiger partial charge is 0.0990 e. The molecular formula is C37H43Cl2N7. The lowest BCUT2D eigenvalue weighted by atomic mass is 9.92. The highest BCUT2D eigenvalue weighted by Crippen LogP contribution is 2.35. The van der Waals surface area contributed by atoms with E-state index >= 15 is 0 Å². The van der Waals surface area contributed by atoms with Crippen LogP contribution >= 0.6 is 23.2 Å². The Morgan fingerprint density at radius 2 is 1.15 bits per heavy atom. The summed E-state index contributed by atoms with van der Waals surface area (Å²) in [6, 6.07) is 12.1. The number of hydrogen-bond acceptors (Lipinski definition) is 7. The van der Waals surface area contributed by atoms with Crippen molar-refractivity contribution in [2.45, 2.75) is 70.6 Å². The number of benzene rings is 2. The molecule has 0 saturated carbocycles. The van der Waals surface area contributed by atoms with Gasteiger partial charge in [-0.25, -0.2) is 0 Å². The fourth-order valence-corrected chi connectivity index (χ4v) is 7.35. The van der Waals surface area contributed by atoms with E-state index in [1.54, 1.807) is 0 Å². The number of aryl methyl sites for hydroxylation is 2. The molecule has 0 amide bonds. The molecule has 5 N–H and O–H groups in total. The molecule has 0 bridgehead atoms. The third-order valence-corrected chi connectivity index (χ3v) is 9.83. The second-order valence-corrected chi connectivity index (χ2v) is 13.5. The molecule has 0 saturated heterocycles. The highest BCUT2D eigenvalue weighted by atomic mass is 35.5. The standard InChI is InChI=1S/C37H43Cl2N7/c38-24-11-14-29-33(21-24)45-31-9-3-1-7-27(31)36(29)42-19-5-17-40-26-13-16-35(44-23-26)41-18-6-20-43-37-28-8-2-4-10-32(28)46-34-22-25(39)12-15-30(34)37/h11-12,14-16,21-23,40-41,44H,1-10,13,17-20H2,(H,42,45)(H,43,46). The van der Waals surface area contributed by atoms with E-state index in [-0.39, 0.29) is 0 Å². The number of allylic oxidation sites excluding steroid dienone is 1. The van der Waals surface area contributed by atoms with Crippen LogP contribution in [0.3, 0.4) is 0 Å². The van der Waals surface area contributed by atoms with Gasteiger partial charge < -0.3 is 26.6 Å². The lowest BCUT2D eigenvalue weighted by Crippen LogP contribution is -2.29. The van der Waals surface area contributed by atoms with Gasteiger partial charge in [-0.3, -0.25) is 9.97 Å².